The molecule has 0 amide bonds. The lowest BCUT2D eigenvalue weighted by Crippen LogP contribution is -2.13. The molecule has 1 aliphatic carbocycles. The largest absolute Gasteiger partial charge is 0.302 e. The molecule has 0 saturated heterocycles. The van der Waals surface area contributed by atoms with Crippen LogP contribution in [0.1, 0.15) is 0 Å². The van der Waals surface area contributed by atoms with E-state index in [0.717, 1.165) is 0 Å². The van der Waals surface area contributed by atoms with Gasteiger partial charge in [0.1, 0.15) is 6.29 Å². The molecule has 0 aromatic carbocycles. The topological polar surface area (TPSA) is 51.2 Å². The van der Waals surface area contributed by atoms with Crippen molar-refractivity contribution in [1.29, 1.82) is 0 Å². The Hall–Kier alpha value is -1.16. The maximum atomic E-state index is 10.4. The zero-order valence-corrected chi connectivity index (χ0v) is 6.41. The minimum atomic E-state index is -2.28. The second-order valence-corrected chi connectivity index (χ2v) is 2.98. The van der Waals surface area contributed by atoms with Gasteiger partial charge in [0.25, 0.3) is 0 Å². The van der Waals surface area contributed by atoms with Gasteiger partial charge in [-0.2, -0.15) is 8.42 Å². The van der Waals surface area contributed by atoms with Crippen molar-refractivity contribution in [2.24, 2.45) is 5.92 Å². The van der Waals surface area contributed by atoms with Gasteiger partial charge >= 0.3 is 0 Å². The summed E-state index contributed by atoms with van der Waals surface area (Å²) < 4.78 is 20.9. The molecule has 0 fully saturated rings. The van der Waals surface area contributed by atoms with Gasteiger partial charge in [0.2, 0.25) is 10.3 Å². The summed E-state index contributed by atoms with van der Waals surface area (Å²) in [5.41, 5.74) is 0. The molecule has 3 nitrogen and oxygen atoms in total. The highest BCUT2D eigenvalue weighted by atomic mass is 32.2. The Morgan fingerprint density at radius 1 is 1.36 bits per heavy atom. The molecule has 1 atom stereocenters. The minimum Gasteiger partial charge on any atom is -0.302 e. The fraction of sp³-hybridized carbons (Fsp3) is 0.143. The molecule has 0 spiro atoms. The van der Waals surface area contributed by atoms with Gasteiger partial charge in [-0.05, 0) is 6.08 Å². The molecule has 0 aliphatic heterocycles. The van der Waals surface area contributed by atoms with Crippen molar-refractivity contribution < 1.29 is 13.2 Å². The van der Waals surface area contributed by atoms with Crippen LogP contribution >= 0.6 is 0 Å². The molecule has 0 radical (unpaired) electrons. The van der Waals surface area contributed by atoms with Gasteiger partial charge in [0.15, 0.2) is 0 Å². The van der Waals surface area contributed by atoms with Crippen LogP contribution in [0.2, 0.25) is 0 Å². The fourth-order valence-electron chi connectivity index (χ4n) is 0.819. The third-order valence-electron chi connectivity index (χ3n) is 1.36. The van der Waals surface area contributed by atoms with Crippen LogP contribution < -0.4 is 0 Å². The quantitative estimate of drug-likeness (QED) is 0.410. The van der Waals surface area contributed by atoms with Gasteiger partial charge in [0, 0.05) is 0 Å². The van der Waals surface area contributed by atoms with Gasteiger partial charge < -0.3 is 4.79 Å². The molecular weight excluding hydrogens is 164 g/mol. The number of carbonyl (C=O) groups excluding carboxylic acids is 1. The van der Waals surface area contributed by atoms with E-state index in [2.05, 4.69) is 0 Å². The van der Waals surface area contributed by atoms with Crippen molar-refractivity contribution in [2.75, 3.05) is 0 Å². The number of aldehydes is 1. The van der Waals surface area contributed by atoms with Gasteiger partial charge in [-0.15, -0.1) is 0 Å². The number of allylic oxidation sites excluding steroid dienone is 4. The molecule has 0 bridgehead atoms. The van der Waals surface area contributed by atoms with Crippen LogP contribution in [0.4, 0.5) is 0 Å². The van der Waals surface area contributed by atoms with Crippen molar-refractivity contribution in [3.8, 4) is 0 Å². The van der Waals surface area contributed by atoms with E-state index >= 15 is 0 Å². The van der Waals surface area contributed by atoms with Crippen molar-refractivity contribution in [3.05, 3.63) is 24.3 Å². The monoisotopic (exact) mass is 170 g/mol. The summed E-state index contributed by atoms with van der Waals surface area (Å²) in [4.78, 5) is 10.4. The van der Waals surface area contributed by atoms with Crippen molar-refractivity contribution in [2.45, 2.75) is 0 Å². The zero-order chi connectivity index (χ0) is 8.27. The normalized spacial score (nSPS) is 21.8. The average molecular weight is 170 g/mol. The van der Waals surface area contributed by atoms with Crippen LogP contribution in [0.15, 0.2) is 24.3 Å². The molecule has 0 N–H and O–H groups in total. The summed E-state index contributed by atoms with van der Waals surface area (Å²) in [5, 5.41) is 0. The highest BCUT2D eigenvalue weighted by Gasteiger charge is 2.12. The standard InChI is InChI=1S/C7H6O3S/c8-5-6-3-1-2-4-7(6)11(9)10/h1-6H. The molecule has 1 aliphatic rings. The molecule has 4 heteroatoms. The SMILES string of the molecule is O=CC1C=CC=CC1=S(=O)=O. The third kappa shape index (κ3) is 1.65. The Labute approximate surface area is 65.6 Å². The molecule has 0 aromatic heterocycles. The first-order valence-corrected chi connectivity index (χ1v) is 4.09. The average Bonchev–Trinajstić information content (AvgIpc) is 2.04. The van der Waals surface area contributed by atoms with E-state index in [0.29, 0.717) is 6.29 Å². The Morgan fingerprint density at radius 3 is 2.55 bits per heavy atom. The molecule has 58 valence electrons. The molecule has 11 heavy (non-hydrogen) atoms. The van der Waals surface area contributed by atoms with E-state index in [1.54, 1.807) is 12.2 Å². The summed E-state index contributed by atoms with van der Waals surface area (Å²) >= 11 is 0. The predicted molar refractivity (Wildman–Crippen MR) is 41.8 cm³/mol. The minimum absolute atomic E-state index is 0.127. The fourth-order valence-corrected chi connectivity index (χ4v) is 1.37. The second kappa shape index (κ2) is 3.30. The molecule has 1 unspecified atom stereocenters. The first-order chi connectivity index (χ1) is 5.25. The van der Waals surface area contributed by atoms with Gasteiger partial charge in [0.05, 0.1) is 10.8 Å². The lowest BCUT2D eigenvalue weighted by Gasteiger charge is -2.03. The van der Waals surface area contributed by atoms with Crippen LogP contribution in [-0.4, -0.2) is 19.6 Å². The smallest absolute Gasteiger partial charge is 0.218 e. The van der Waals surface area contributed by atoms with Crippen LogP contribution in [0.3, 0.4) is 0 Å². The Kier molecular flexibility index (Phi) is 2.38. The van der Waals surface area contributed by atoms with Crippen LogP contribution in [0, 0.1) is 5.92 Å². The number of carbonyl (C=O) groups is 1. The van der Waals surface area contributed by atoms with E-state index in [1.807, 2.05) is 0 Å². The van der Waals surface area contributed by atoms with E-state index < -0.39 is 16.2 Å². The third-order valence-corrected chi connectivity index (χ3v) is 2.15. The lowest BCUT2D eigenvalue weighted by molar-refractivity contribution is -0.108. The number of hydrogen-bond donors (Lipinski definition) is 0. The Bertz CT molecular complexity index is 338. The molecular formula is C7H6O3S. The molecule has 0 heterocycles. The highest BCUT2D eigenvalue weighted by molar-refractivity contribution is 7.73. The summed E-state index contributed by atoms with van der Waals surface area (Å²) in [5.74, 6) is -0.599. The Balaban J connectivity index is 3.18. The van der Waals surface area contributed by atoms with Crippen LogP contribution in [-0.2, 0) is 15.1 Å². The highest BCUT2D eigenvalue weighted by Crippen LogP contribution is 2.04. The van der Waals surface area contributed by atoms with Crippen molar-refractivity contribution in [1.82, 2.24) is 0 Å². The maximum Gasteiger partial charge on any atom is 0.218 e. The van der Waals surface area contributed by atoms with E-state index in [9.17, 15) is 13.2 Å². The molecule has 1 rings (SSSR count). The van der Waals surface area contributed by atoms with Gasteiger partial charge in [-0.25, -0.2) is 0 Å². The Morgan fingerprint density at radius 2 is 2.09 bits per heavy atom. The molecule has 0 saturated carbocycles. The molecule has 0 aromatic rings. The number of hydrogen-bond acceptors (Lipinski definition) is 3. The maximum absolute atomic E-state index is 10.4. The van der Waals surface area contributed by atoms with Crippen LogP contribution in [0.25, 0.3) is 0 Å². The van der Waals surface area contributed by atoms with Crippen LogP contribution in [0.5, 0.6) is 0 Å². The second-order valence-electron chi connectivity index (χ2n) is 2.04. The van der Waals surface area contributed by atoms with Crippen molar-refractivity contribution >= 4 is 21.4 Å². The van der Waals surface area contributed by atoms with Gasteiger partial charge in [-0.3, -0.25) is 0 Å². The van der Waals surface area contributed by atoms with E-state index in [-0.39, 0.29) is 4.86 Å². The predicted octanol–water partition coefficient (Wildman–Crippen LogP) is -0.0210. The first kappa shape index (κ1) is 7.94. The van der Waals surface area contributed by atoms with Crippen molar-refractivity contribution in [3.63, 3.8) is 0 Å². The van der Waals surface area contributed by atoms with E-state index in [1.165, 1.54) is 12.2 Å². The first-order valence-electron chi connectivity index (χ1n) is 3.02. The summed E-state index contributed by atoms with van der Waals surface area (Å²) in [6.45, 7) is 0. The lowest BCUT2D eigenvalue weighted by atomic mass is 10.0. The zero-order valence-electron chi connectivity index (χ0n) is 5.60. The van der Waals surface area contributed by atoms with E-state index in [4.69, 9.17) is 0 Å². The van der Waals surface area contributed by atoms with Gasteiger partial charge in [-0.1, -0.05) is 18.2 Å². The summed E-state index contributed by atoms with van der Waals surface area (Å²) in [6.07, 6.45) is 6.80. The summed E-state index contributed by atoms with van der Waals surface area (Å²) in [6, 6.07) is 0. The summed E-state index contributed by atoms with van der Waals surface area (Å²) in [7, 11) is -2.28. The number of rotatable bonds is 1.